The van der Waals surface area contributed by atoms with Gasteiger partial charge in [-0.3, -0.25) is 4.79 Å². The number of ether oxygens (including phenoxy) is 1. The van der Waals surface area contributed by atoms with Gasteiger partial charge in [0.2, 0.25) is 5.91 Å². The van der Waals surface area contributed by atoms with Crippen molar-refractivity contribution in [1.29, 1.82) is 0 Å². The number of rotatable bonds is 12. The zero-order chi connectivity index (χ0) is 22.5. The quantitative estimate of drug-likeness (QED) is 0.382. The highest BCUT2D eigenvalue weighted by Gasteiger charge is 2.26. The van der Waals surface area contributed by atoms with E-state index in [9.17, 15) is 9.59 Å². The summed E-state index contributed by atoms with van der Waals surface area (Å²) in [5.74, 6) is 1.46. The summed E-state index contributed by atoms with van der Waals surface area (Å²) in [6.45, 7) is 5.20. The minimum absolute atomic E-state index is 0.124. The second kappa shape index (κ2) is 14.4. The Morgan fingerprint density at radius 1 is 1.23 bits per heavy atom. The molecule has 1 aliphatic rings. The fourth-order valence-electron chi connectivity index (χ4n) is 3.63. The number of hydrogen-bond donors (Lipinski definition) is 1. The second-order valence-corrected chi connectivity index (χ2v) is 9.67. The molecule has 7 heteroatoms. The van der Waals surface area contributed by atoms with Crippen molar-refractivity contribution in [2.45, 2.75) is 56.4 Å². The number of benzene rings is 1. The van der Waals surface area contributed by atoms with Crippen LogP contribution in [0.15, 0.2) is 35.2 Å². The van der Waals surface area contributed by atoms with Crippen LogP contribution in [0.25, 0.3) is 0 Å². The Labute approximate surface area is 192 Å². The Kier molecular flexibility index (Phi) is 11.8. The number of piperidine rings is 1. The smallest absolute Gasteiger partial charge is 0.407 e. The van der Waals surface area contributed by atoms with Gasteiger partial charge in [0.15, 0.2) is 0 Å². The van der Waals surface area contributed by atoms with E-state index in [0.29, 0.717) is 24.7 Å². The van der Waals surface area contributed by atoms with Gasteiger partial charge in [0.25, 0.3) is 0 Å². The van der Waals surface area contributed by atoms with Crippen molar-refractivity contribution in [3.05, 3.63) is 30.3 Å². The summed E-state index contributed by atoms with van der Waals surface area (Å²) < 4.78 is 5.26. The van der Waals surface area contributed by atoms with Gasteiger partial charge in [0.1, 0.15) is 0 Å². The average molecular weight is 450 g/mol. The third-order valence-corrected chi connectivity index (χ3v) is 6.79. The van der Waals surface area contributed by atoms with E-state index >= 15 is 0 Å². The van der Waals surface area contributed by atoms with E-state index in [0.717, 1.165) is 50.2 Å². The van der Waals surface area contributed by atoms with Gasteiger partial charge in [0.05, 0.1) is 12.6 Å². The lowest BCUT2D eigenvalue weighted by atomic mass is 9.93. The molecule has 174 valence electrons. The number of alkyl carbamates (subject to hydrolysis) is 1. The lowest BCUT2D eigenvalue weighted by molar-refractivity contribution is -0.133. The second-order valence-electron chi connectivity index (χ2n) is 8.58. The minimum Gasteiger partial charge on any atom is -0.450 e. The summed E-state index contributed by atoms with van der Waals surface area (Å²) in [5, 5.41) is 2.92. The number of amides is 2. The van der Waals surface area contributed by atoms with Crippen LogP contribution in [0, 0.1) is 5.92 Å². The van der Waals surface area contributed by atoms with Crippen molar-refractivity contribution in [3.8, 4) is 0 Å². The summed E-state index contributed by atoms with van der Waals surface area (Å²) in [7, 11) is 4.21. The molecule has 31 heavy (non-hydrogen) atoms. The number of nitrogens with zero attached hydrogens (tertiary/aromatic N) is 2. The zero-order valence-electron chi connectivity index (χ0n) is 19.3. The van der Waals surface area contributed by atoms with Crippen molar-refractivity contribution in [3.63, 3.8) is 0 Å². The molecule has 1 fully saturated rings. The molecule has 0 unspecified atom stereocenters. The summed E-state index contributed by atoms with van der Waals surface area (Å²) in [6, 6.07) is 9.81. The van der Waals surface area contributed by atoms with Crippen LogP contribution < -0.4 is 5.32 Å². The van der Waals surface area contributed by atoms with Crippen molar-refractivity contribution < 1.29 is 14.3 Å². The molecule has 1 N–H and O–H groups in total. The third kappa shape index (κ3) is 10.4. The first-order chi connectivity index (χ1) is 15.0. The van der Waals surface area contributed by atoms with E-state index in [4.69, 9.17) is 4.74 Å². The van der Waals surface area contributed by atoms with E-state index in [1.165, 1.54) is 6.42 Å². The van der Waals surface area contributed by atoms with Gasteiger partial charge < -0.3 is 19.9 Å². The molecule has 2 rings (SSSR count). The Morgan fingerprint density at radius 3 is 2.58 bits per heavy atom. The highest BCUT2D eigenvalue weighted by Crippen LogP contribution is 2.23. The van der Waals surface area contributed by atoms with Crippen LogP contribution in [0.5, 0.6) is 0 Å². The number of likely N-dealkylation sites (tertiary alicyclic amines) is 1. The summed E-state index contributed by atoms with van der Waals surface area (Å²) in [4.78, 5) is 30.5. The summed E-state index contributed by atoms with van der Waals surface area (Å²) in [5.41, 5.74) is 0. The van der Waals surface area contributed by atoms with Crippen LogP contribution in [-0.4, -0.2) is 73.9 Å². The van der Waals surface area contributed by atoms with E-state index in [-0.39, 0.29) is 11.9 Å². The van der Waals surface area contributed by atoms with Gasteiger partial charge in [-0.2, -0.15) is 0 Å². The monoisotopic (exact) mass is 449 g/mol. The first-order valence-corrected chi connectivity index (χ1v) is 12.5. The molecule has 0 bridgehead atoms. The first kappa shape index (κ1) is 25.5. The number of unbranched alkanes of at least 4 members (excludes halogenated alkanes) is 1. The van der Waals surface area contributed by atoms with E-state index in [1.807, 2.05) is 35.2 Å². The average Bonchev–Trinajstić information content (AvgIpc) is 2.77. The molecule has 6 nitrogen and oxygen atoms in total. The van der Waals surface area contributed by atoms with Crippen LogP contribution in [-0.2, 0) is 9.53 Å². The highest BCUT2D eigenvalue weighted by molar-refractivity contribution is 7.99. The molecule has 0 aliphatic carbocycles. The summed E-state index contributed by atoms with van der Waals surface area (Å²) in [6.07, 6.45) is 5.02. The normalized spacial score (nSPS) is 15.7. The summed E-state index contributed by atoms with van der Waals surface area (Å²) >= 11 is 1.65. The van der Waals surface area contributed by atoms with E-state index in [2.05, 4.69) is 31.2 Å². The van der Waals surface area contributed by atoms with Gasteiger partial charge in [-0.25, -0.2) is 4.79 Å². The number of hydrogen-bond acceptors (Lipinski definition) is 5. The number of carbonyl (C=O) groups is 2. The first-order valence-electron chi connectivity index (χ1n) is 11.5. The minimum atomic E-state index is -0.428. The molecule has 1 atom stereocenters. The Bertz CT molecular complexity index is 649. The van der Waals surface area contributed by atoms with Crippen molar-refractivity contribution in [2.75, 3.05) is 46.1 Å². The van der Waals surface area contributed by atoms with Crippen LogP contribution in [0.1, 0.15) is 45.4 Å². The van der Waals surface area contributed by atoms with Crippen molar-refractivity contribution in [2.24, 2.45) is 5.92 Å². The maximum Gasteiger partial charge on any atom is 0.407 e. The molecular weight excluding hydrogens is 410 g/mol. The lowest BCUT2D eigenvalue weighted by Crippen LogP contribution is -2.44. The maximum atomic E-state index is 13.0. The van der Waals surface area contributed by atoms with Crippen molar-refractivity contribution in [1.82, 2.24) is 15.1 Å². The fraction of sp³-hybridized carbons (Fsp3) is 0.667. The van der Waals surface area contributed by atoms with E-state index in [1.54, 1.807) is 11.8 Å². The van der Waals surface area contributed by atoms with Crippen LogP contribution >= 0.6 is 11.8 Å². The Hall–Kier alpha value is -1.73. The SMILES string of the molecule is CCCCOC(=O)N[C@@H](CSc1ccccc1)CC(=O)N1CCC(CCN(C)C)CC1. The van der Waals surface area contributed by atoms with Crippen molar-refractivity contribution >= 4 is 23.8 Å². The Morgan fingerprint density at radius 2 is 1.94 bits per heavy atom. The van der Waals surface area contributed by atoms with Gasteiger partial charge in [-0.05, 0) is 64.4 Å². The molecule has 0 spiro atoms. The fourth-order valence-corrected chi connectivity index (χ4v) is 4.58. The van der Waals surface area contributed by atoms with Gasteiger partial charge >= 0.3 is 6.09 Å². The zero-order valence-corrected chi connectivity index (χ0v) is 20.2. The molecule has 1 aromatic rings. The predicted molar refractivity (Wildman–Crippen MR) is 127 cm³/mol. The number of carbonyl (C=O) groups excluding carboxylic acids is 2. The van der Waals surface area contributed by atoms with Crippen LogP contribution in [0.2, 0.25) is 0 Å². The number of thioether (sulfide) groups is 1. The molecule has 0 saturated carbocycles. The van der Waals surface area contributed by atoms with Crippen LogP contribution in [0.3, 0.4) is 0 Å². The molecular formula is C24H39N3O3S. The molecule has 1 aliphatic heterocycles. The lowest BCUT2D eigenvalue weighted by Gasteiger charge is -2.33. The van der Waals surface area contributed by atoms with Gasteiger partial charge in [-0.1, -0.05) is 31.5 Å². The Balaban J connectivity index is 1.85. The molecule has 1 aromatic carbocycles. The topological polar surface area (TPSA) is 61.9 Å². The standard InChI is InChI=1S/C24H39N3O3S/c1-4-5-17-30-24(29)25-21(19-31-22-9-7-6-8-10-22)18-23(28)27-15-12-20(13-16-27)11-14-26(2)3/h6-10,20-21H,4-5,11-19H2,1-3H3,(H,25,29)/t21-/m1/s1. The molecule has 1 saturated heterocycles. The largest absolute Gasteiger partial charge is 0.450 e. The third-order valence-electron chi connectivity index (χ3n) is 5.62. The molecule has 2 amide bonds. The van der Waals surface area contributed by atoms with Gasteiger partial charge in [0, 0.05) is 30.2 Å². The van der Waals surface area contributed by atoms with E-state index < -0.39 is 6.09 Å². The molecule has 1 heterocycles. The highest BCUT2D eigenvalue weighted by atomic mass is 32.2. The predicted octanol–water partition coefficient (Wildman–Crippen LogP) is 4.25. The number of nitrogens with one attached hydrogen (secondary N) is 1. The van der Waals surface area contributed by atoms with Gasteiger partial charge in [-0.15, -0.1) is 11.8 Å². The van der Waals surface area contributed by atoms with Crippen LogP contribution in [0.4, 0.5) is 4.79 Å². The molecule has 0 aromatic heterocycles. The maximum absolute atomic E-state index is 13.0. The molecule has 0 radical (unpaired) electrons.